The third kappa shape index (κ3) is 2.80. The predicted molar refractivity (Wildman–Crippen MR) is 74.9 cm³/mol. The minimum atomic E-state index is -0.728. The van der Waals surface area contributed by atoms with Gasteiger partial charge in [-0.25, -0.2) is 0 Å². The fourth-order valence-corrected chi connectivity index (χ4v) is 2.76. The molecule has 3 nitrogen and oxygen atoms in total. The van der Waals surface area contributed by atoms with Gasteiger partial charge in [-0.15, -0.1) is 12.3 Å². The molecule has 1 aliphatic rings. The van der Waals surface area contributed by atoms with E-state index >= 15 is 0 Å². The maximum atomic E-state index is 11.7. The highest BCUT2D eigenvalue weighted by atomic mass is 16.4. The van der Waals surface area contributed by atoms with Crippen LogP contribution in [0.1, 0.15) is 24.8 Å². The van der Waals surface area contributed by atoms with Gasteiger partial charge in [0, 0.05) is 13.0 Å². The molecule has 3 heteroatoms. The lowest BCUT2D eigenvalue weighted by Crippen LogP contribution is -2.47. The Morgan fingerprint density at radius 3 is 2.47 bits per heavy atom. The number of terminal acetylenes is 1. The summed E-state index contributed by atoms with van der Waals surface area (Å²) < 4.78 is 0. The molecule has 1 N–H and O–H groups in total. The zero-order valence-electron chi connectivity index (χ0n) is 11.0. The van der Waals surface area contributed by atoms with Crippen LogP contribution in [0.5, 0.6) is 0 Å². The molecule has 0 amide bonds. The number of piperidine rings is 1. The number of nitrogens with zero attached hydrogens (tertiary/aromatic N) is 1. The molecule has 0 aliphatic carbocycles. The summed E-state index contributed by atoms with van der Waals surface area (Å²) in [4.78, 5) is 14.0. The third-order valence-electron chi connectivity index (χ3n) is 4.02. The van der Waals surface area contributed by atoms with E-state index in [1.54, 1.807) is 0 Å². The lowest BCUT2D eigenvalue weighted by molar-refractivity contribution is -0.146. The van der Waals surface area contributed by atoms with Gasteiger partial charge in [0.2, 0.25) is 0 Å². The number of carboxylic acid groups (broad SMARTS) is 1. The summed E-state index contributed by atoms with van der Waals surface area (Å²) >= 11 is 0. The SMILES string of the molecule is C#CCCN1CCC(C(=O)O)(c2ccccc2)CC1. The van der Waals surface area contributed by atoms with Crippen LogP contribution in [-0.4, -0.2) is 35.6 Å². The molecule has 2 rings (SSSR count). The number of rotatable bonds is 4. The van der Waals surface area contributed by atoms with E-state index in [1.807, 2.05) is 30.3 Å². The van der Waals surface area contributed by atoms with E-state index in [0.29, 0.717) is 12.8 Å². The Kier molecular flexibility index (Phi) is 4.24. The summed E-state index contributed by atoms with van der Waals surface area (Å²) in [5.41, 5.74) is 0.188. The fourth-order valence-electron chi connectivity index (χ4n) is 2.76. The molecule has 19 heavy (non-hydrogen) atoms. The van der Waals surface area contributed by atoms with Crippen LogP contribution in [0.2, 0.25) is 0 Å². The van der Waals surface area contributed by atoms with Crippen LogP contribution in [0, 0.1) is 12.3 Å². The molecule has 1 aromatic rings. The Hall–Kier alpha value is -1.79. The molecule has 0 atom stereocenters. The van der Waals surface area contributed by atoms with E-state index in [2.05, 4.69) is 10.8 Å². The maximum absolute atomic E-state index is 11.7. The first-order chi connectivity index (χ1) is 9.19. The van der Waals surface area contributed by atoms with Crippen molar-refractivity contribution in [3.8, 4) is 12.3 Å². The summed E-state index contributed by atoms with van der Waals surface area (Å²) in [6.07, 6.45) is 7.29. The molecule has 0 spiro atoms. The van der Waals surface area contributed by atoms with Crippen LogP contribution < -0.4 is 0 Å². The van der Waals surface area contributed by atoms with Crippen molar-refractivity contribution in [2.45, 2.75) is 24.7 Å². The van der Waals surface area contributed by atoms with Crippen molar-refractivity contribution in [2.24, 2.45) is 0 Å². The second-order valence-corrected chi connectivity index (χ2v) is 5.05. The van der Waals surface area contributed by atoms with E-state index in [4.69, 9.17) is 6.42 Å². The Balaban J connectivity index is 2.13. The highest BCUT2D eigenvalue weighted by Crippen LogP contribution is 2.35. The van der Waals surface area contributed by atoms with Crippen molar-refractivity contribution in [1.29, 1.82) is 0 Å². The van der Waals surface area contributed by atoms with Crippen molar-refractivity contribution in [3.63, 3.8) is 0 Å². The fraction of sp³-hybridized carbons (Fsp3) is 0.438. The largest absolute Gasteiger partial charge is 0.481 e. The first-order valence-electron chi connectivity index (χ1n) is 6.64. The summed E-state index contributed by atoms with van der Waals surface area (Å²) in [6, 6.07) is 9.58. The molecule has 1 aliphatic heterocycles. The normalized spacial score (nSPS) is 18.7. The van der Waals surface area contributed by atoms with E-state index in [1.165, 1.54) is 0 Å². The van der Waals surface area contributed by atoms with E-state index < -0.39 is 11.4 Å². The van der Waals surface area contributed by atoms with Crippen LogP contribution in [0.3, 0.4) is 0 Å². The van der Waals surface area contributed by atoms with Gasteiger partial charge in [0.15, 0.2) is 0 Å². The second kappa shape index (κ2) is 5.90. The van der Waals surface area contributed by atoms with Gasteiger partial charge in [0.05, 0.1) is 5.41 Å². The Bertz CT molecular complexity index is 467. The summed E-state index contributed by atoms with van der Waals surface area (Å²) in [5, 5.41) is 9.65. The number of hydrogen-bond donors (Lipinski definition) is 1. The average molecular weight is 257 g/mol. The minimum Gasteiger partial charge on any atom is -0.481 e. The molecule has 0 saturated carbocycles. The highest BCUT2D eigenvalue weighted by Gasteiger charge is 2.42. The number of carboxylic acids is 1. The molecular weight excluding hydrogens is 238 g/mol. The molecule has 100 valence electrons. The predicted octanol–water partition coefficient (Wildman–Crippen LogP) is 2.13. The number of likely N-dealkylation sites (tertiary alicyclic amines) is 1. The van der Waals surface area contributed by atoms with Gasteiger partial charge in [-0.2, -0.15) is 0 Å². The van der Waals surface area contributed by atoms with Crippen molar-refractivity contribution in [2.75, 3.05) is 19.6 Å². The maximum Gasteiger partial charge on any atom is 0.314 e. The Morgan fingerprint density at radius 1 is 1.32 bits per heavy atom. The Labute approximate surface area is 114 Å². The molecule has 1 heterocycles. The van der Waals surface area contributed by atoms with Crippen molar-refractivity contribution >= 4 is 5.97 Å². The molecule has 1 aromatic carbocycles. The van der Waals surface area contributed by atoms with Gasteiger partial charge in [0.1, 0.15) is 0 Å². The van der Waals surface area contributed by atoms with E-state index in [9.17, 15) is 9.90 Å². The summed E-state index contributed by atoms with van der Waals surface area (Å²) in [6.45, 7) is 2.45. The molecule has 0 unspecified atom stereocenters. The highest BCUT2D eigenvalue weighted by molar-refractivity contribution is 5.81. The van der Waals surface area contributed by atoms with Crippen LogP contribution in [-0.2, 0) is 10.2 Å². The average Bonchev–Trinajstić information content (AvgIpc) is 2.46. The first kappa shape index (κ1) is 13.6. The van der Waals surface area contributed by atoms with Gasteiger partial charge in [-0.05, 0) is 31.5 Å². The van der Waals surface area contributed by atoms with Crippen LogP contribution in [0.15, 0.2) is 30.3 Å². The standard InChI is InChI=1S/C16H19NO2/c1-2-3-11-17-12-9-16(10-13-17,15(18)19)14-7-5-4-6-8-14/h1,4-8H,3,9-13H2,(H,18,19). The number of aliphatic carboxylic acids is 1. The van der Waals surface area contributed by atoms with E-state index in [-0.39, 0.29) is 0 Å². The van der Waals surface area contributed by atoms with Crippen LogP contribution in [0.25, 0.3) is 0 Å². The zero-order valence-corrected chi connectivity index (χ0v) is 11.0. The van der Waals surface area contributed by atoms with Gasteiger partial charge in [-0.1, -0.05) is 30.3 Å². The quantitative estimate of drug-likeness (QED) is 0.840. The summed E-state index contributed by atoms with van der Waals surface area (Å²) in [7, 11) is 0. The van der Waals surface area contributed by atoms with Gasteiger partial charge < -0.3 is 10.0 Å². The molecule has 1 saturated heterocycles. The van der Waals surface area contributed by atoms with Gasteiger partial charge >= 0.3 is 5.97 Å². The lowest BCUT2D eigenvalue weighted by Gasteiger charge is -2.39. The molecule has 0 bridgehead atoms. The smallest absolute Gasteiger partial charge is 0.314 e. The second-order valence-electron chi connectivity index (χ2n) is 5.05. The summed E-state index contributed by atoms with van der Waals surface area (Å²) in [5.74, 6) is 1.92. The molecule has 0 aromatic heterocycles. The molecule has 0 radical (unpaired) electrons. The van der Waals surface area contributed by atoms with Crippen molar-refractivity contribution in [3.05, 3.63) is 35.9 Å². The van der Waals surface area contributed by atoms with Crippen LogP contribution >= 0.6 is 0 Å². The first-order valence-corrected chi connectivity index (χ1v) is 6.64. The topological polar surface area (TPSA) is 40.5 Å². The van der Waals surface area contributed by atoms with Crippen molar-refractivity contribution < 1.29 is 9.90 Å². The van der Waals surface area contributed by atoms with E-state index in [0.717, 1.165) is 31.6 Å². The van der Waals surface area contributed by atoms with Gasteiger partial charge in [-0.3, -0.25) is 4.79 Å². The monoisotopic (exact) mass is 257 g/mol. The third-order valence-corrected chi connectivity index (χ3v) is 4.02. The van der Waals surface area contributed by atoms with Gasteiger partial charge in [0.25, 0.3) is 0 Å². The number of carbonyl (C=O) groups is 1. The molecular formula is C16H19NO2. The lowest BCUT2D eigenvalue weighted by atomic mass is 9.73. The minimum absolute atomic E-state index is 0.650. The zero-order chi connectivity index (χ0) is 13.7. The number of hydrogen-bond acceptors (Lipinski definition) is 2. The Morgan fingerprint density at radius 2 is 1.95 bits per heavy atom. The van der Waals surface area contributed by atoms with Crippen molar-refractivity contribution in [1.82, 2.24) is 4.90 Å². The molecule has 1 fully saturated rings. The van der Waals surface area contributed by atoms with Crippen LogP contribution in [0.4, 0.5) is 0 Å². The number of benzene rings is 1.